The first kappa shape index (κ1) is 15.3. The van der Waals surface area contributed by atoms with E-state index in [0.717, 1.165) is 0 Å². The highest BCUT2D eigenvalue weighted by molar-refractivity contribution is 7.91. The molecule has 4 rings (SSSR count). The molecule has 0 unspecified atom stereocenters. The minimum absolute atomic E-state index is 0.0441. The zero-order chi connectivity index (χ0) is 17.4. The molecular formula is C17H13N5O2S. The van der Waals surface area contributed by atoms with E-state index in [-0.39, 0.29) is 21.3 Å². The zero-order valence-corrected chi connectivity index (χ0v) is 13.8. The fourth-order valence-electron chi connectivity index (χ4n) is 2.50. The van der Waals surface area contributed by atoms with Gasteiger partial charge in [0.15, 0.2) is 5.65 Å². The van der Waals surface area contributed by atoms with Crippen molar-refractivity contribution in [3.05, 3.63) is 66.9 Å². The second-order valence-electron chi connectivity index (χ2n) is 5.32. The van der Waals surface area contributed by atoms with Gasteiger partial charge in [0.25, 0.3) is 0 Å². The third-order valence-corrected chi connectivity index (χ3v) is 5.51. The highest BCUT2D eigenvalue weighted by Gasteiger charge is 2.24. The van der Waals surface area contributed by atoms with Crippen LogP contribution in [-0.2, 0) is 9.84 Å². The van der Waals surface area contributed by atoms with Crippen molar-refractivity contribution in [1.29, 1.82) is 0 Å². The standard InChI is InChI=1S/C17H13N5O2S/c18-15-10-9-14(25(23,24)12-6-2-1-3-7-12)17-20-16(21-22(15)17)13-8-4-5-11-19-13/h1-11H,18H2. The average molecular weight is 351 g/mol. The third-order valence-electron chi connectivity index (χ3n) is 3.71. The summed E-state index contributed by atoms with van der Waals surface area (Å²) < 4.78 is 27.3. The number of benzene rings is 1. The van der Waals surface area contributed by atoms with Crippen molar-refractivity contribution in [3.63, 3.8) is 0 Å². The monoisotopic (exact) mass is 351 g/mol. The SMILES string of the molecule is Nc1ccc(S(=O)(=O)c2ccccc2)c2nc(-c3ccccn3)nn12. The molecule has 0 saturated heterocycles. The number of pyridine rings is 2. The quantitative estimate of drug-likeness (QED) is 0.607. The van der Waals surface area contributed by atoms with Crippen LogP contribution in [0.2, 0.25) is 0 Å². The van der Waals surface area contributed by atoms with Gasteiger partial charge in [-0.1, -0.05) is 24.3 Å². The Morgan fingerprint density at radius 1 is 0.920 bits per heavy atom. The van der Waals surface area contributed by atoms with Crippen molar-refractivity contribution in [2.24, 2.45) is 0 Å². The molecule has 25 heavy (non-hydrogen) atoms. The van der Waals surface area contributed by atoms with Crippen molar-refractivity contribution in [1.82, 2.24) is 19.6 Å². The van der Waals surface area contributed by atoms with Gasteiger partial charge in [-0.2, -0.15) is 4.52 Å². The highest BCUT2D eigenvalue weighted by atomic mass is 32.2. The second-order valence-corrected chi connectivity index (χ2v) is 7.24. The van der Waals surface area contributed by atoms with Crippen LogP contribution in [0.1, 0.15) is 0 Å². The van der Waals surface area contributed by atoms with Crippen molar-refractivity contribution in [2.75, 3.05) is 5.73 Å². The molecule has 0 aliphatic rings. The van der Waals surface area contributed by atoms with Gasteiger partial charge in [-0.3, -0.25) is 4.98 Å². The summed E-state index contributed by atoms with van der Waals surface area (Å²) in [4.78, 5) is 8.79. The predicted octanol–water partition coefficient (Wildman–Crippen LogP) is 2.21. The van der Waals surface area contributed by atoms with Crippen molar-refractivity contribution < 1.29 is 8.42 Å². The van der Waals surface area contributed by atoms with Crippen LogP contribution in [-0.4, -0.2) is 28.0 Å². The maximum absolute atomic E-state index is 13.0. The van der Waals surface area contributed by atoms with Gasteiger partial charge in [0.05, 0.1) is 4.90 Å². The average Bonchev–Trinajstić information content (AvgIpc) is 3.09. The number of sulfone groups is 1. The summed E-state index contributed by atoms with van der Waals surface area (Å²) >= 11 is 0. The van der Waals surface area contributed by atoms with Crippen LogP contribution in [0.25, 0.3) is 17.2 Å². The first-order chi connectivity index (χ1) is 12.1. The normalized spacial score (nSPS) is 11.7. The fourth-order valence-corrected chi connectivity index (χ4v) is 3.89. The van der Waals surface area contributed by atoms with Crippen LogP contribution < -0.4 is 5.73 Å². The predicted molar refractivity (Wildman–Crippen MR) is 92.5 cm³/mol. The number of hydrogen-bond donors (Lipinski definition) is 1. The van der Waals surface area contributed by atoms with Gasteiger partial charge in [-0.25, -0.2) is 13.4 Å². The Morgan fingerprint density at radius 3 is 2.40 bits per heavy atom. The molecule has 0 spiro atoms. The minimum Gasteiger partial charge on any atom is -0.384 e. The number of nitrogen functional groups attached to an aromatic ring is 1. The highest BCUT2D eigenvalue weighted by Crippen LogP contribution is 2.26. The molecule has 0 radical (unpaired) electrons. The van der Waals surface area contributed by atoms with E-state index in [9.17, 15) is 8.42 Å². The van der Waals surface area contributed by atoms with E-state index in [4.69, 9.17) is 5.73 Å². The number of anilines is 1. The molecule has 0 atom stereocenters. The molecule has 7 nitrogen and oxygen atoms in total. The third kappa shape index (κ3) is 2.52. The van der Waals surface area contributed by atoms with Gasteiger partial charge < -0.3 is 5.73 Å². The Hall–Kier alpha value is -3.26. The van der Waals surface area contributed by atoms with Crippen LogP contribution in [0.5, 0.6) is 0 Å². The molecule has 0 aliphatic carbocycles. The molecule has 3 aromatic heterocycles. The summed E-state index contributed by atoms with van der Waals surface area (Å²) in [6.07, 6.45) is 1.62. The Bertz CT molecular complexity index is 1160. The molecular weight excluding hydrogens is 338 g/mol. The summed E-state index contributed by atoms with van der Waals surface area (Å²) in [5.41, 5.74) is 6.65. The maximum atomic E-state index is 13.0. The van der Waals surface area contributed by atoms with Crippen molar-refractivity contribution >= 4 is 21.3 Å². The molecule has 0 bridgehead atoms. The Kier molecular flexibility index (Phi) is 3.47. The Labute approximate surface area is 143 Å². The Morgan fingerprint density at radius 2 is 1.68 bits per heavy atom. The van der Waals surface area contributed by atoms with Gasteiger partial charge in [-0.05, 0) is 36.4 Å². The molecule has 124 valence electrons. The maximum Gasteiger partial charge on any atom is 0.210 e. The second kappa shape index (κ2) is 5.67. The van der Waals surface area contributed by atoms with E-state index in [1.807, 2.05) is 0 Å². The van der Waals surface area contributed by atoms with Crippen LogP contribution in [0.4, 0.5) is 5.82 Å². The Balaban J connectivity index is 1.97. The number of nitrogens with zero attached hydrogens (tertiary/aromatic N) is 4. The molecule has 0 fully saturated rings. The van der Waals surface area contributed by atoms with Crippen molar-refractivity contribution in [2.45, 2.75) is 9.79 Å². The number of aromatic nitrogens is 4. The lowest BCUT2D eigenvalue weighted by Crippen LogP contribution is -2.07. The molecule has 4 aromatic rings. The molecule has 0 aliphatic heterocycles. The van der Waals surface area contributed by atoms with Gasteiger partial charge in [0, 0.05) is 6.20 Å². The first-order valence-corrected chi connectivity index (χ1v) is 8.92. The van der Waals surface area contributed by atoms with Gasteiger partial charge in [0.2, 0.25) is 15.7 Å². The van der Waals surface area contributed by atoms with E-state index in [1.54, 1.807) is 42.6 Å². The van der Waals surface area contributed by atoms with Gasteiger partial charge in [-0.15, -0.1) is 5.10 Å². The summed E-state index contributed by atoms with van der Waals surface area (Å²) in [5.74, 6) is 0.597. The molecule has 0 saturated carbocycles. The lowest BCUT2D eigenvalue weighted by molar-refractivity contribution is 0.596. The van der Waals surface area contributed by atoms with E-state index >= 15 is 0 Å². The number of hydrogen-bond acceptors (Lipinski definition) is 6. The van der Waals surface area contributed by atoms with Crippen LogP contribution in [0.15, 0.2) is 76.7 Å². The van der Waals surface area contributed by atoms with Crippen LogP contribution >= 0.6 is 0 Å². The van der Waals surface area contributed by atoms with Gasteiger partial charge >= 0.3 is 0 Å². The van der Waals surface area contributed by atoms with Crippen molar-refractivity contribution in [3.8, 4) is 11.5 Å². The topological polar surface area (TPSA) is 103 Å². The van der Waals surface area contributed by atoms with E-state index in [1.165, 1.54) is 28.8 Å². The first-order valence-electron chi connectivity index (χ1n) is 7.44. The summed E-state index contributed by atoms with van der Waals surface area (Å²) in [7, 11) is -3.75. The van der Waals surface area contributed by atoms with E-state index in [0.29, 0.717) is 11.5 Å². The largest absolute Gasteiger partial charge is 0.384 e. The lowest BCUT2D eigenvalue weighted by Gasteiger charge is -2.06. The van der Waals surface area contributed by atoms with Crippen LogP contribution in [0.3, 0.4) is 0 Å². The zero-order valence-electron chi connectivity index (χ0n) is 12.9. The lowest BCUT2D eigenvalue weighted by atomic mass is 10.3. The molecule has 1 aromatic carbocycles. The summed E-state index contributed by atoms with van der Waals surface area (Å²) in [5, 5.41) is 4.30. The summed E-state index contributed by atoms with van der Waals surface area (Å²) in [6, 6.07) is 16.5. The number of nitrogens with two attached hydrogens (primary N) is 1. The fraction of sp³-hybridized carbons (Fsp3) is 0. The minimum atomic E-state index is -3.75. The summed E-state index contributed by atoms with van der Waals surface area (Å²) in [6.45, 7) is 0. The molecule has 3 heterocycles. The molecule has 2 N–H and O–H groups in total. The van der Waals surface area contributed by atoms with Gasteiger partial charge in [0.1, 0.15) is 16.4 Å². The molecule has 8 heteroatoms. The molecule has 0 amide bonds. The smallest absolute Gasteiger partial charge is 0.210 e. The number of rotatable bonds is 3. The number of fused-ring (bicyclic) bond motifs is 1. The van der Waals surface area contributed by atoms with E-state index < -0.39 is 9.84 Å². The van der Waals surface area contributed by atoms with Crippen LogP contribution in [0, 0.1) is 0 Å². The van der Waals surface area contributed by atoms with E-state index in [2.05, 4.69) is 15.1 Å².